The van der Waals surface area contributed by atoms with Crippen molar-refractivity contribution < 1.29 is 14.3 Å². The first kappa shape index (κ1) is 21.8. The van der Waals surface area contributed by atoms with Crippen LogP contribution in [-0.2, 0) is 5.54 Å². The summed E-state index contributed by atoms with van der Waals surface area (Å²) in [5.74, 6) is 1.43. The van der Waals surface area contributed by atoms with Crippen LogP contribution < -0.4 is 9.47 Å². The first-order valence-corrected chi connectivity index (χ1v) is 10.1. The molecular formula is C22H26N2O3S. The molecule has 6 heteroatoms. The van der Waals surface area contributed by atoms with Crippen molar-refractivity contribution in [3.8, 4) is 17.6 Å². The van der Waals surface area contributed by atoms with Gasteiger partial charge in [-0.3, -0.25) is 9.69 Å². The Bertz CT molecular complexity index is 828. The number of benzene rings is 2. The molecule has 0 aromatic heterocycles. The van der Waals surface area contributed by atoms with Gasteiger partial charge >= 0.3 is 0 Å². The zero-order chi connectivity index (χ0) is 20.7. The molecule has 2 aromatic carbocycles. The third kappa shape index (κ3) is 4.32. The summed E-state index contributed by atoms with van der Waals surface area (Å²) in [6.45, 7) is 0. The van der Waals surface area contributed by atoms with E-state index in [9.17, 15) is 10.1 Å². The van der Waals surface area contributed by atoms with Crippen LogP contribution in [0.4, 0.5) is 0 Å². The lowest BCUT2D eigenvalue weighted by atomic mass is 9.83. The van der Waals surface area contributed by atoms with Gasteiger partial charge in [-0.1, -0.05) is 12.1 Å². The maximum absolute atomic E-state index is 12.9. The van der Waals surface area contributed by atoms with Crippen LogP contribution in [-0.4, -0.2) is 50.5 Å². The predicted molar refractivity (Wildman–Crippen MR) is 113 cm³/mol. The minimum Gasteiger partial charge on any atom is -0.497 e. The predicted octanol–water partition coefficient (Wildman–Crippen LogP) is 3.99. The van der Waals surface area contributed by atoms with E-state index in [4.69, 9.17) is 9.47 Å². The van der Waals surface area contributed by atoms with Gasteiger partial charge in [0.15, 0.2) is 5.78 Å². The van der Waals surface area contributed by atoms with E-state index >= 15 is 0 Å². The Labute approximate surface area is 171 Å². The Morgan fingerprint density at radius 1 is 1.07 bits per heavy atom. The minimum absolute atomic E-state index is 0.00279. The second-order valence-corrected chi connectivity index (χ2v) is 7.62. The van der Waals surface area contributed by atoms with Gasteiger partial charge in [-0.15, -0.1) is 0 Å². The number of hydrogen-bond acceptors (Lipinski definition) is 6. The van der Waals surface area contributed by atoms with E-state index in [1.807, 2.05) is 49.5 Å². The lowest BCUT2D eigenvalue weighted by molar-refractivity contribution is 0.0958. The van der Waals surface area contributed by atoms with Gasteiger partial charge in [0.25, 0.3) is 0 Å². The third-order valence-electron chi connectivity index (χ3n) is 4.94. The number of nitriles is 1. The van der Waals surface area contributed by atoms with Gasteiger partial charge in [-0.2, -0.15) is 17.0 Å². The van der Waals surface area contributed by atoms with Crippen LogP contribution in [0.1, 0.15) is 22.3 Å². The van der Waals surface area contributed by atoms with Gasteiger partial charge in [0.05, 0.1) is 20.3 Å². The van der Waals surface area contributed by atoms with Crippen molar-refractivity contribution >= 4 is 17.5 Å². The summed E-state index contributed by atoms with van der Waals surface area (Å²) in [6, 6.07) is 17.0. The van der Waals surface area contributed by atoms with E-state index in [2.05, 4.69) is 6.07 Å². The standard InChI is InChI=1S/C22H26N2O3S/c1-24(2)22(15-23,17-8-12-19(27-4)13-9-17)21(28-5)14-20(25)16-6-10-18(26-3)11-7-16/h6-13,21H,14H2,1-5H3. The lowest BCUT2D eigenvalue weighted by Crippen LogP contribution is -2.49. The highest BCUT2D eigenvalue weighted by Gasteiger charge is 2.44. The second kappa shape index (κ2) is 9.63. The zero-order valence-corrected chi connectivity index (χ0v) is 17.7. The summed E-state index contributed by atoms with van der Waals surface area (Å²) in [5.41, 5.74) is 0.497. The number of hydrogen-bond donors (Lipinski definition) is 0. The smallest absolute Gasteiger partial charge is 0.164 e. The van der Waals surface area contributed by atoms with Crippen molar-refractivity contribution in [2.24, 2.45) is 0 Å². The fourth-order valence-corrected chi connectivity index (χ4v) is 4.34. The minimum atomic E-state index is -0.951. The lowest BCUT2D eigenvalue weighted by Gasteiger charge is -2.40. The summed E-state index contributed by atoms with van der Waals surface area (Å²) in [7, 11) is 6.94. The topological polar surface area (TPSA) is 62.6 Å². The molecule has 0 N–H and O–H groups in total. The number of carbonyl (C=O) groups excluding carboxylic acids is 1. The molecule has 0 amide bonds. The van der Waals surface area contributed by atoms with E-state index in [0.29, 0.717) is 11.3 Å². The number of ketones is 1. The molecule has 2 unspecified atom stereocenters. The molecule has 0 saturated heterocycles. The fraction of sp³-hybridized carbons (Fsp3) is 0.364. The molecule has 2 aromatic rings. The molecule has 0 aliphatic heterocycles. The van der Waals surface area contributed by atoms with E-state index in [0.717, 1.165) is 11.3 Å². The van der Waals surface area contributed by atoms with Crippen molar-refractivity contribution in [1.82, 2.24) is 4.90 Å². The highest BCUT2D eigenvalue weighted by atomic mass is 32.2. The second-order valence-electron chi connectivity index (χ2n) is 6.58. The Morgan fingerprint density at radius 2 is 1.57 bits per heavy atom. The summed E-state index contributed by atoms with van der Waals surface area (Å²) in [6.07, 6.45) is 2.18. The van der Waals surface area contributed by atoms with Crippen LogP contribution in [0.25, 0.3) is 0 Å². The molecule has 0 radical (unpaired) electrons. The highest BCUT2D eigenvalue weighted by Crippen LogP contribution is 2.39. The molecular weight excluding hydrogens is 372 g/mol. The molecule has 2 rings (SSSR count). The zero-order valence-electron chi connectivity index (χ0n) is 16.9. The van der Waals surface area contributed by atoms with Crippen LogP contribution in [0.5, 0.6) is 11.5 Å². The van der Waals surface area contributed by atoms with Crippen molar-refractivity contribution in [2.45, 2.75) is 17.2 Å². The molecule has 148 valence electrons. The van der Waals surface area contributed by atoms with Gasteiger partial charge in [-0.05, 0) is 62.3 Å². The first-order valence-electron chi connectivity index (χ1n) is 8.86. The SMILES string of the molecule is COc1ccc(C(=O)CC(SC)C(C#N)(c2ccc(OC)cc2)N(C)C)cc1. The number of ether oxygens (including phenoxy) is 2. The number of carbonyl (C=O) groups is 1. The number of methoxy groups -OCH3 is 2. The van der Waals surface area contributed by atoms with Crippen LogP contribution in [0.3, 0.4) is 0 Å². The Hall–Kier alpha value is -2.49. The number of nitrogens with zero attached hydrogens (tertiary/aromatic N) is 2. The van der Waals surface area contributed by atoms with Crippen LogP contribution >= 0.6 is 11.8 Å². The first-order chi connectivity index (χ1) is 13.4. The average Bonchev–Trinajstić information content (AvgIpc) is 2.73. The van der Waals surface area contributed by atoms with E-state index in [1.54, 1.807) is 38.5 Å². The molecule has 0 bridgehead atoms. The van der Waals surface area contributed by atoms with Gasteiger partial charge in [0.1, 0.15) is 17.0 Å². The Morgan fingerprint density at radius 3 is 1.96 bits per heavy atom. The van der Waals surface area contributed by atoms with E-state index < -0.39 is 5.54 Å². The number of rotatable bonds is 9. The summed E-state index contributed by atoms with van der Waals surface area (Å²) in [4.78, 5) is 14.8. The Balaban J connectivity index is 2.38. The molecule has 28 heavy (non-hydrogen) atoms. The van der Waals surface area contributed by atoms with Crippen molar-refractivity contribution in [2.75, 3.05) is 34.6 Å². The molecule has 0 heterocycles. The third-order valence-corrected chi connectivity index (χ3v) is 6.02. The quantitative estimate of drug-likeness (QED) is 0.595. The maximum atomic E-state index is 12.9. The summed E-state index contributed by atoms with van der Waals surface area (Å²) < 4.78 is 10.4. The normalized spacial score (nSPS) is 14.0. The van der Waals surface area contributed by atoms with Crippen LogP contribution in [0.2, 0.25) is 0 Å². The molecule has 0 spiro atoms. The van der Waals surface area contributed by atoms with Crippen molar-refractivity contribution in [1.29, 1.82) is 5.26 Å². The van der Waals surface area contributed by atoms with Gasteiger partial charge < -0.3 is 9.47 Å². The molecule has 0 aliphatic rings. The van der Waals surface area contributed by atoms with Gasteiger partial charge in [-0.25, -0.2) is 0 Å². The highest BCUT2D eigenvalue weighted by molar-refractivity contribution is 7.99. The van der Waals surface area contributed by atoms with E-state index in [-0.39, 0.29) is 17.5 Å². The number of thioether (sulfide) groups is 1. The van der Waals surface area contributed by atoms with Gasteiger partial charge in [0.2, 0.25) is 0 Å². The summed E-state index contributed by atoms with van der Waals surface area (Å²) >= 11 is 1.52. The molecule has 5 nitrogen and oxygen atoms in total. The monoisotopic (exact) mass is 398 g/mol. The van der Waals surface area contributed by atoms with Crippen molar-refractivity contribution in [3.05, 3.63) is 59.7 Å². The fourth-order valence-electron chi connectivity index (χ4n) is 3.28. The summed E-state index contributed by atoms with van der Waals surface area (Å²) in [5, 5.41) is 9.96. The average molecular weight is 399 g/mol. The molecule has 0 saturated carbocycles. The van der Waals surface area contributed by atoms with Crippen LogP contribution in [0, 0.1) is 11.3 Å². The largest absolute Gasteiger partial charge is 0.497 e. The maximum Gasteiger partial charge on any atom is 0.164 e. The Kier molecular flexibility index (Phi) is 7.50. The molecule has 2 atom stereocenters. The van der Waals surface area contributed by atoms with Crippen LogP contribution in [0.15, 0.2) is 48.5 Å². The molecule has 0 fully saturated rings. The number of Topliss-reactive ketones (excluding diaryl/α,β-unsaturated/α-hetero) is 1. The van der Waals surface area contributed by atoms with Crippen molar-refractivity contribution in [3.63, 3.8) is 0 Å². The molecule has 0 aliphatic carbocycles. The van der Waals surface area contributed by atoms with E-state index in [1.165, 1.54) is 11.8 Å². The van der Waals surface area contributed by atoms with Gasteiger partial charge in [0, 0.05) is 17.2 Å².